The summed E-state index contributed by atoms with van der Waals surface area (Å²) in [6, 6.07) is 10.3. The lowest BCUT2D eigenvalue weighted by atomic mass is 10.2. The first kappa shape index (κ1) is 11.7. The molecule has 0 aromatic heterocycles. The van der Waals surface area contributed by atoms with E-state index in [4.69, 9.17) is 5.41 Å². The quantitative estimate of drug-likeness (QED) is 0.479. The summed E-state index contributed by atoms with van der Waals surface area (Å²) >= 11 is 0. The molecule has 0 fully saturated rings. The Morgan fingerprint density at radius 1 is 1.15 bits per heavy atom. The average Bonchev–Trinajstić information content (AvgIpc) is 2.06. The summed E-state index contributed by atoms with van der Waals surface area (Å²) in [6.07, 6.45) is 0. The normalized spacial score (nSPS) is 8.31. The van der Waals surface area contributed by atoms with E-state index in [-0.39, 0.29) is 0 Å². The minimum Gasteiger partial charge on any atom is -0.367 e. The molecule has 13 heavy (non-hydrogen) atoms. The lowest BCUT2D eigenvalue weighted by Crippen LogP contribution is -2.16. The highest BCUT2D eigenvalue weighted by Gasteiger charge is 1.82. The van der Waals surface area contributed by atoms with Gasteiger partial charge in [0.15, 0.2) is 0 Å². The number of nitrogens with zero attached hydrogens (tertiary/aromatic N) is 1. The molecule has 0 heterocycles. The van der Waals surface area contributed by atoms with Gasteiger partial charge >= 0.3 is 0 Å². The third-order valence-electron chi connectivity index (χ3n) is 1.61. The van der Waals surface area contributed by atoms with Gasteiger partial charge in [-0.05, 0) is 13.8 Å². The topological polar surface area (TPSA) is 27.1 Å². The van der Waals surface area contributed by atoms with Crippen LogP contribution in [0.15, 0.2) is 30.3 Å². The molecule has 0 aliphatic rings. The molecule has 0 saturated heterocycles. The highest BCUT2D eigenvalue weighted by Crippen LogP contribution is 1.92. The number of amidine groups is 1. The fraction of sp³-hybridized carbons (Fsp3) is 0.364. The van der Waals surface area contributed by atoms with Crippen LogP contribution in [0.3, 0.4) is 0 Å². The maximum Gasteiger partial charge on any atom is 0.0920 e. The van der Waals surface area contributed by atoms with Gasteiger partial charge in [0.25, 0.3) is 0 Å². The van der Waals surface area contributed by atoms with E-state index >= 15 is 0 Å². The number of benzene rings is 1. The third kappa shape index (κ3) is 7.06. The third-order valence-corrected chi connectivity index (χ3v) is 1.61. The standard InChI is InChI=1S/C7H8.C4H10N2/c1-7-5-3-2-4-6-7;1-4(5)6(2)3/h2-6H,1H3;5H,1-3H3. The second-order valence-electron chi connectivity index (χ2n) is 3.13. The first-order chi connectivity index (χ1) is 6.04. The predicted molar refractivity (Wildman–Crippen MR) is 58.3 cm³/mol. The minimum absolute atomic E-state index is 0.593. The molecule has 0 spiro atoms. The predicted octanol–water partition coefficient (Wildman–Crippen LogP) is 2.54. The number of aryl methyl sites for hydroxylation is 1. The molecule has 0 aliphatic heterocycles. The van der Waals surface area contributed by atoms with Crippen LogP contribution in [0.5, 0.6) is 0 Å². The minimum atomic E-state index is 0.593. The van der Waals surface area contributed by atoms with E-state index in [2.05, 4.69) is 19.1 Å². The number of hydrogen-bond acceptors (Lipinski definition) is 1. The lowest BCUT2D eigenvalue weighted by Gasteiger charge is -2.06. The van der Waals surface area contributed by atoms with Gasteiger partial charge in [0.05, 0.1) is 5.84 Å². The summed E-state index contributed by atoms with van der Waals surface area (Å²) in [6.45, 7) is 3.83. The molecular formula is C11H18N2. The van der Waals surface area contributed by atoms with Gasteiger partial charge < -0.3 is 4.90 Å². The van der Waals surface area contributed by atoms with E-state index in [0.29, 0.717) is 5.84 Å². The van der Waals surface area contributed by atoms with Crippen molar-refractivity contribution in [1.82, 2.24) is 4.90 Å². The molecule has 2 nitrogen and oxygen atoms in total. The van der Waals surface area contributed by atoms with Crippen molar-refractivity contribution in [3.05, 3.63) is 35.9 Å². The van der Waals surface area contributed by atoms with E-state index in [0.717, 1.165) is 0 Å². The van der Waals surface area contributed by atoms with Crippen molar-refractivity contribution in [2.24, 2.45) is 0 Å². The zero-order chi connectivity index (χ0) is 10.3. The molecule has 0 bridgehead atoms. The van der Waals surface area contributed by atoms with Gasteiger partial charge in [-0.25, -0.2) is 0 Å². The second-order valence-corrected chi connectivity index (χ2v) is 3.13. The van der Waals surface area contributed by atoms with Crippen LogP contribution < -0.4 is 0 Å². The first-order valence-electron chi connectivity index (χ1n) is 4.28. The molecule has 0 unspecified atom stereocenters. The van der Waals surface area contributed by atoms with Crippen LogP contribution in [0.4, 0.5) is 0 Å². The van der Waals surface area contributed by atoms with Gasteiger partial charge in [0, 0.05) is 14.1 Å². The zero-order valence-electron chi connectivity index (χ0n) is 8.83. The van der Waals surface area contributed by atoms with Gasteiger partial charge in [-0.3, -0.25) is 5.41 Å². The Hall–Kier alpha value is -1.31. The van der Waals surface area contributed by atoms with E-state index < -0.39 is 0 Å². The molecule has 1 rings (SSSR count). The van der Waals surface area contributed by atoms with Gasteiger partial charge in [0.1, 0.15) is 0 Å². The van der Waals surface area contributed by atoms with Gasteiger partial charge in [-0.2, -0.15) is 0 Å². The summed E-state index contributed by atoms with van der Waals surface area (Å²) in [4.78, 5) is 1.75. The zero-order valence-corrected chi connectivity index (χ0v) is 8.83. The Bertz CT molecular complexity index is 240. The largest absolute Gasteiger partial charge is 0.367 e. The summed E-state index contributed by atoms with van der Waals surface area (Å²) in [5.74, 6) is 0.593. The van der Waals surface area contributed by atoms with Crippen LogP contribution in [0.1, 0.15) is 12.5 Å². The molecular weight excluding hydrogens is 160 g/mol. The Kier molecular flexibility index (Phi) is 5.60. The second kappa shape index (κ2) is 6.23. The fourth-order valence-electron chi connectivity index (χ4n) is 0.534. The summed E-state index contributed by atoms with van der Waals surface area (Å²) in [5.41, 5.74) is 1.32. The summed E-state index contributed by atoms with van der Waals surface area (Å²) in [7, 11) is 3.70. The Balaban J connectivity index is 0.000000226. The van der Waals surface area contributed by atoms with Crippen LogP contribution >= 0.6 is 0 Å². The van der Waals surface area contributed by atoms with Gasteiger partial charge in [-0.1, -0.05) is 35.9 Å². The smallest absolute Gasteiger partial charge is 0.0920 e. The summed E-state index contributed by atoms with van der Waals surface area (Å²) < 4.78 is 0. The van der Waals surface area contributed by atoms with Crippen molar-refractivity contribution in [1.29, 1.82) is 5.41 Å². The molecule has 72 valence electrons. The van der Waals surface area contributed by atoms with Crippen molar-refractivity contribution < 1.29 is 0 Å². The molecule has 1 N–H and O–H groups in total. The molecule has 0 saturated carbocycles. The van der Waals surface area contributed by atoms with E-state index in [1.165, 1.54) is 5.56 Å². The molecule has 0 atom stereocenters. The van der Waals surface area contributed by atoms with Gasteiger partial charge in [0.2, 0.25) is 0 Å². The molecule has 0 amide bonds. The molecule has 0 aliphatic carbocycles. The van der Waals surface area contributed by atoms with E-state index in [9.17, 15) is 0 Å². The monoisotopic (exact) mass is 178 g/mol. The highest BCUT2D eigenvalue weighted by atomic mass is 15.1. The SMILES string of the molecule is CC(=N)N(C)C.Cc1ccccc1. The maximum absolute atomic E-state index is 6.88. The van der Waals surface area contributed by atoms with E-state index in [1.54, 1.807) is 11.8 Å². The number of rotatable bonds is 0. The Morgan fingerprint density at radius 3 is 1.69 bits per heavy atom. The fourth-order valence-corrected chi connectivity index (χ4v) is 0.534. The highest BCUT2D eigenvalue weighted by molar-refractivity contribution is 5.75. The summed E-state index contributed by atoms with van der Waals surface area (Å²) in [5, 5.41) is 6.88. The van der Waals surface area contributed by atoms with Crippen LogP contribution in [-0.2, 0) is 0 Å². The first-order valence-corrected chi connectivity index (χ1v) is 4.28. The number of hydrogen-bond donors (Lipinski definition) is 1. The van der Waals surface area contributed by atoms with Crippen LogP contribution in [-0.4, -0.2) is 24.8 Å². The number of nitrogens with one attached hydrogen (secondary N) is 1. The molecule has 1 aromatic rings. The lowest BCUT2D eigenvalue weighted by molar-refractivity contribution is 0.613. The van der Waals surface area contributed by atoms with Crippen molar-refractivity contribution >= 4 is 5.84 Å². The Morgan fingerprint density at radius 2 is 1.54 bits per heavy atom. The van der Waals surface area contributed by atoms with Gasteiger partial charge in [-0.15, -0.1) is 0 Å². The van der Waals surface area contributed by atoms with Crippen molar-refractivity contribution in [3.63, 3.8) is 0 Å². The average molecular weight is 178 g/mol. The Labute approximate surface area is 80.7 Å². The molecule has 1 aromatic carbocycles. The van der Waals surface area contributed by atoms with Crippen LogP contribution in [0.25, 0.3) is 0 Å². The van der Waals surface area contributed by atoms with Crippen molar-refractivity contribution in [2.45, 2.75) is 13.8 Å². The van der Waals surface area contributed by atoms with Crippen LogP contribution in [0, 0.1) is 12.3 Å². The van der Waals surface area contributed by atoms with E-state index in [1.807, 2.05) is 32.3 Å². The maximum atomic E-state index is 6.88. The van der Waals surface area contributed by atoms with Crippen molar-refractivity contribution in [3.8, 4) is 0 Å². The molecule has 2 heteroatoms. The molecule has 0 radical (unpaired) electrons. The van der Waals surface area contributed by atoms with Crippen LogP contribution in [0.2, 0.25) is 0 Å². The van der Waals surface area contributed by atoms with Crippen molar-refractivity contribution in [2.75, 3.05) is 14.1 Å².